The van der Waals surface area contributed by atoms with Crippen molar-refractivity contribution >= 4 is 21.6 Å². The third kappa shape index (κ3) is 3.04. The van der Waals surface area contributed by atoms with Crippen molar-refractivity contribution in [3.63, 3.8) is 0 Å². The standard InChI is InChI=1S/C27H26S/c1-4-27(24-18-12-7-13-19-24)20(2)25(22-14-8-5-9-15-22)28-26(21(27)3)23-16-10-6-11-17-23/h5-19H,4H2,1-3H3. The van der Waals surface area contributed by atoms with Crippen LogP contribution >= 0.6 is 11.8 Å². The number of allylic oxidation sites excluding steroid dienone is 2. The Morgan fingerprint density at radius 3 is 1.39 bits per heavy atom. The molecule has 140 valence electrons. The van der Waals surface area contributed by atoms with E-state index in [1.807, 2.05) is 11.8 Å². The number of benzene rings is 3. The van der Waals surface area contributed by atoms with Crippen molar-refractivity contribution in [3.05, 3.63) is 119 Å². The monoisotopic (exact) mass is 382 g/mol. The highest BCUT2D eigenvalue weighted by molar-refractivity contribution is 8.16. The first-order valence-corrected chi connectivity index (χ1v) is 10.8. The Hall–Kier alpha value is -2.51. The van der Waals surface area contributed by atoms with Crippen LogP contribution in [0.15, 0.2) is 102 Å². The predicted molar refractivity (Wildman–Crippen MR) is 124 cm³/mol. The van der Waals surface area contributed by atoms with Gasteiger partial charge in [-0.3, -0.25) is 0 Å². The summed E-state index contributed by atoms with van der Waals surface area (Å²) in [5.41, 5.74) is 6.82. The maximum atomic E-state index is 2.33. The van der Waals surface area contributed by atoms with Crippen molar-refractivity contribution < 1.29 is 0 Å². The second-order valence-electron chi connectivity index (χ2n) is 7.37. The van der Waals surface area contributed by atoms with Crippen molar-refractivity contribution in [1.29, 1.82) is 0 Å². The van der Waals surface area contributed by atoms with Crippen molar-refractivity contribution in [1.82, 2.24) is 0 Å². The number of hydrogen-bond acceptors (Lipinski definition) is 1. The minimum atomic E-state index is -0.0805. The molecule has 0 aromatic heterocycles. The first-order chi connectivity index (χ1) is 13.7. The molecular formula is C27H26S. The van der Waals surface area contributed by atoms with E-state index >= 15 is 0 Å². The first kappa shape index (κ1) is 18.8. The third-order valence-electron chi connectivity index (χ3n) is 6.03. The van der Waals surface area contributed by atoms with Crippen molar-refractivity contribution in [2.75, 3.05) is 0 Å². The van der Waals surface area contributed by atoms with Crippen LogP contribution in [0.5, 0.6) is 0 Å². The number of hydrogen-bond donors (Lipinski definition) is 0. The quantitative estimate of drug-likeness (QED) is 0.441. The van der Waals surface area contributed by atoms with Crippen LogP contribution in [0.1, 0.15) is 43.9 Å². The summed E-state index contributed by atoms with van der Waals surface area (Å²) < 4.78 is 0. The molecule has 4 rings (SSSR count). The molecule has 1 aliphatic rings. The molecule has 0 N–H and O–H groups in total. The number of rotatable bonds is 4. The fourth-order valence-corrected chi connectivity index (χ4v) is 5.91. The van der Waals surface area contributed by atoms with Crippen LogP contribution in [0.25, 0.3) is 9.81 Å². The highest BCUT2D eigenvalue weighted by Gasteiger charge is 2.41. The lowest BCUT2D eigenvalue weighted by atomic mass is 9.66. The molecule has 0 spiro atoms. The molecule has 0 aliphatic carbocycles. The van der Waals surface area contributed by atoms with Crippen LogP contribution < -0.4 is 0 Å². The van der Waals surface area contributed by atoms with Gasteiger partial charge >= 0.3 is 0 Å². The summed E-state index contributed by atoms with van der Waals surface area (Å²) in [6.07, 6.45) is 1.04. The molecule has 1 heterocycles. The molecule has 0 unspecified atom stereocenters. The molecule has 0 saturated carbocycles. The minimum Gasteiger partial charge on any atom is -0.0889 e. The normalized spacial score (nSPS) is 16.4. The number of thioether (sulfide) groups is 1. The SMILES string of the molecule is CCC1(c2ccccc2)C(C)=C(c2ccccc2)SC(c2ccccc2)=C1C. The van der Waals surface area contributed by atoms with E-state index in [4.69, 9.17) is 0 Å². The predicted octanol–water partition coefficient (Wildman–Crippen LogP) is 7.94. The van der Waals surface area contributed by atoms with E-state index in [-0.39, 0.29) is 5.41 Å². The highest BCUT2D eigenvalue weighted by Crippen LogP contribution is 2.57. The van der Waals surface area contributed by atoms with E-state index in [1.165, 1.54) is 37.6 Å². The lowest BCUT2D eigenvalue weighted by Gasteiger charge is -2.42. The Morgan fingerprint density at radius 1 is 0.607 bits per heavy atom. The summed E-state index contributed by atoms with van der Waals surface area (Å²) >= 11 is 1.93. The molecule has 1 heteroatoms. The molecule has 0 saturated heterocycles. The summed E-state index contributed by atoms with van der Waals surface area (Å²) in [5, 5.41) is 0. The molecule has 0 bridgehead atoms. The molecule has 0 nitrogen and oxygen atoms in total. The van der Waals surface area contributed by atoms with Crippen molar-refractivity contribution in [2.24, 2.45) is 0 Å². The molecule has 3 aromatic rings. The van der Waals surface area contributed by atoms with Crippen LogP contribution in [0.2, 0.25) is 0 Å². The van der Waals surface area contributed by atoms with E-state index in [0.717, 1.165) is 6.42 Å². The Morgan fingerprint density at radius 2 is 1.00 bits per heavy atom. The Kier molecular flexibility index (Phi) is 5.28. The van der Waals surface area contributed by atoms with Crippen LogP contribution in [0.3, 0.4) is 0 Å². The van der Waals surface area contributed by atoms with E-state index in [0.29, 0.717) is 0 Å². The third-order valence-corrected chi connectivity index (χ3v) is 7.53. The smallest absolute Gasteiger partial charge is 0.0390 e. The highest BCUT2D eigenvalue weighted by atomic mass is 32.2. The average molecular weight is 383 g/mol. The van der Waals surface area contributed by atoms with Gasteiger partial charge in [-0.15, -0.1) is 0 Å². The zero-order valence-electron chi connectivity index (χ0n) is 16.8. The largest absolute Gasteiger partial charge is 0.0889 e. The van der Waals surface area contributed by atoms with E-state index in [9.17, 15) is 0 Å². The van der Waals surface area contributed by atoms with Gasteiger partial charge < -0.3 is 0 Å². The molecule has 0 atom stereocenters. The van der Waals surface area contributed by atoms with Gasteiger partial charge in [0.2, 0.25) is 0 Å². The second kappa shape index (κ2) is 7.85. The Bertz CT molecular complexity index is 950. The lowest BCUT2D eigenvalue weighted by Crippen LogP contribution is -2.31. The zero-order chi connectivity index (χ0) is 19.6. The van der Waals surface area contributed by atoms with E-state index in [1.54, 1.807) is 0 Å². The topological polar surface area (TPSA) is 0 Å². The van der Waals surface area contributed by atoms with Gasteiger partial charge in [0.15, 0.2) is 0 Å². The maximum absolute atomic E-state index is 2.33. The molecule has 28 heavy (non-hydrogen) atoms. The minimum absolute atomic E-state index is 0.0805. The van der Waals surface area contributed by atoms with Gasteiger partial charge in [-0.2, -0.15) is 0 Å². The van der Waals surface area contributed by atoms with Gasteiger partial charge in [-0.05, 0) is 48.1 Å². The molecule has 0 radical (unpaired) electrons. The fourth-order valence-electron chi connectivity index (χ4n) is 4.54. The van der Waals surface area contributed by atoms with Gasteiger partial charge in [-0.25, -0.2) is 0 Å². The maximum Gasteiger partial charge on any atom is 0.0390 e. The lowest BCUT2D eigenvalue weighted by molar-refractivity contribution is 0.571. The molecule has 0 amide bonds. The Labute approximate surface area is 173 Å². The summed E-state index contributed by atoms with van der Waals surface area (Å²) in [4.78, 5) is 2.77. The first-order valence-electron chi connectivity index (χ1n) is 9.95. The van der Waals surface area contributed by atoms with Gasteiger partial charge in [0, 0.05) is 15.2 Å². The van der Waals surface area contributed by atoms with Gasteiger partial charge in [0.05, 0.1) is 0 Å². The molecule has 0 fully saturated rings. The van der Waals surface area contributed by atoms with Gasteiger partial charge in [0.25, 0.3) is 0 Å². The molecule has 3 aromatic carbocycles. The van der Waals surface area contributed by atoms with E-state index < -0.39 is 0 Å². The van der Waals surface area contributed by atoms with Crippen molar-refractivity contribution in [3.8, 4) is 0 Å². The van der Waals surface area contributed by atoms with E-state index in [2.05, 4.69) is 112 Å². The van der Waals surface area contributed by atoms with Crippen molar-refractivity contribution in [2.45, 2.75) is 32.6 Å². The van der Waals surface area contributed by atoms with Crippen LogP contribution in [-0.4, -0.2) is 0 Å². The van der Waals surface area contributed by atoms with Crippen LogP contribution in [0, 0.1) is 0 Å². The molecule has 1 aliphatic heterocycles. The summed E-state index contributed by atoms with van der Waals surface area (Å²) in [7, 11) is 0. The summed E-state index contributed by atoms with van der Waals surface area (Å²) in [6.45, 7) is 6.98. The van der Waals surface area contributed by atoms with Crippen LogP contribution in [0.4, 0.5) is 0 Å². The zero-order valence-corrected chi connectivity index (χ0v) is 17.6. The Balaban J connectivity index is 2.02. The fraction of sp³-hybridized carbons (Fsp3) is 0.185. The van der Waals surface area contributed by atoms with Gasteiger partial charge in [0.1, 0.15) is 0 Å². The summed E-state index contributed by atoms with van der Waals surface area (Å²) in [5.74, 6) is 0. The molecular weight excluding hydrogens is 356 g/mol. The second-order valence-corrected chi connectivity index (χ2v) is 8.39. The average Bonchev–Trinajstić information content (AvgIpc) is 2.77. The van der Waals surface area contributed by atoms with Crippen LogP contribution in [-0.2, 0) is 5.41 Å². The van der Waals surface area contributed by atoms with Gasteiger partial charge in [-0.1, -0.05) is 110 Å². The summed E-state index contributed by atoms with van der Waals surface area (Å²) in [6, 6.07) is 32.7.